The van der Waals surface area contributed by atoms with Crippen LogP contribution >= 0.6 is 0 Å². The summed E-state index contributed by atoms with van der Waals surface area (Å²) in [6.07, 6.45) is 10.9. The molecule has 2 aliphatic heterocycles. The van der Waals surface area contributed by atoms with Gasteiger partial charge in [-0.1, -0.05) is 13.8 Å². The van der Waals surface area contributed by atoms with Gasteiger partial charge in [-0.05, 0) is 111 Å². The van der Waals surface area contributed by atoms with E-state index in [1.54, 1.807) is 13.0 Å². The Morgan fingerprint density at radius 3 is 2.49 bits per heavy atom. The molecule has 1 saturated heterocycles. The molecule has 0 aromatic rings. The maximum atomic E-state index is 11.8. The normalized spacial score (nSPS) is 53.9. The number of esters is 1. The number of aliphatic hydroxyl groups is 2. The number of fused-ring (bicyclic) bond motifs is 5. The molecule has 0 aromatic carbocycles. The Morgan fingerprint density at radius 2 is 1.74 bits per heavy atom. The number of cyclic esters (lactones) is 1. The highest BCUT2D eigenvalue weighted by atomic mass is 16.7. The summed E-state index contributed by atoms with van der Waals surface area (Å²) in [6.45, 7) is 7.41. The van der Waals surface area contributed by atoms with Gasteiger partial charge in [0.15, 0.2) is 6.29 Å². The van der Waals surface area contributed by atoms with E-state index in [-0.39, 0.29) is 12.1 Å². The molecular formula is C29H44O6. The molecule has 6 aliphatic rings. The third-order valence-corrected chi connectivity index (χ3v) is 11.8. The molecule has 4 aliphatic carbocycles. The largest absolute Gasteiger partial charge is 0.458 e. The van der Waals surface area contributed by atoms with Gasteiger partial charge in [0.25, 0.3) is 0 Å². The average Bonchev–Trinajstić information content (AvgIpc) is 3.40. The Bertz CT molecular complexity index is 859. The van der Waals surface area contributed by atoms with Crippen molar-refractivity contribution in [3.8, 4) is 0 Å². The van der Waals surface area contributed by atoms with Crippen LogP contribution in [0.5, 0.6) is 0 Å². The summed E-state index contributed by atoms with van der Waals surface area (Å²) in [4.78, 5) is 11.8. The van der Waals surface area contributed by atoms with E-state index in [9.17, 15) is 15.0 Å². The number of ether oxygens (including phenoxy) is 3. The van der Waals surface area contributed by atoms with Crippen LogP contribution in [0, 0.1) is 40.4 Å². The van der Waals surface area contributed by atoms with Gasteiger partial charge in [-0.25, -0.2) is 4.79 Å². The topological polar surface area (TPSA) is 85.2 Å². The van der Waals surface area contributed by atoms with E-state index in [0.717, 1.165) is 30.6 Å². The standard InChI is InChI=1S/C29H44O6/c1-16-27(32)24(30)14-26(34-16)35-19-8-10-28(2)18(13-19)4-5-20-22-7-6-21(17-12-25(31)33-15-17)29(22,3)11-9-23(20)28/h12,16,18-24,26-27,30,32H,4-11,13-15H2,1-3H3/t16-,18-,19+,20+,21-,22+,23+,24+,26?,27-,28+,29-/m1/s1. The molecule has 5 fully saturated rings. The second kappa shape index (κ2) is 8.82. The van der Waals surface area contributed by atoms with E-state index in [1.807, 2.05) is 0 Å². The summed E-state index contributed by atoms with van der Waals surface area (Å²) >= 11 is 0. The van der Waals surface area contributed by atoms with Gasteiger partial charge in [0.1, 0.15) is 12.7 Å². The predicted octanol–water partition coefficient (Wildman–Crippen LogP) is 4.37. The fourth-order valence-electron chi connectivity index (χ4n) is 9.87. The van der Waals surface area contributed by atoms with Crippen molar-refractivity contribution < 1.29 is 29.2 Å². The number of aliphatic hydroxyl groups excluding tert-OH is 2. The highest BCUT2D eigenvalue weighted by molar-refractivity contribution is 5.85. The maximum absolute atomic E-state index is 11.8. The first-order valence-electron chi connectivity index (χ1n) is 14.2. The van der Waals surface area contributed by atoms with Crippen molar-refractivity contribution >= 4 is 5.97 Å². The molecule has 0 amide bonds. The van der Waals surface area contributed by atoms with E-state index < -0.39 is 24.6 Å². The van der Waals surface area contributed by atoms with Crippen LogP contribution in [-0.4, -0.2) is 53.5 Å². The Morgan fingerprint density at radius 1 is 0.971 bits per heavy atom. The van der Waals surface area contributed by atoms with Crippen LogP contribution in [0.2, 0.25) is 0 Å². The lowest BCUT2D eigenvalue weighted by atomic mass is 9.44. The van der Waals surface area contributed by atoms with Crippen molar-refractivity contribution in [1.29, 1.82) is 0 Å². The number of carbonyl (C=O) groups is 1. The lowest BCUT2D eigenvalue weighted by Gasteiger charge is -2.61. The number of carbonyl (C=O) groups excluding carboxylic acids is 1. The van der Waals surface area contributed by atoms with Crippen LogP contribution in [0.25, 0.3) is 0 Å². The minimum Gasteiger partial charge on any atom is -0.458 e. The van der Waals surface area contributed by atoms with Gasteiger partial charge in [0, 0.05) is 12.5 Å². The minimum atomic E-state index is -0.829. The number of hydrogen-bond donors (Lipinski definition) is 2. The minimum absolute atomic E-state index is 0.147. The molecule has 0 bridgehead atoms. The Hall–Kier alpha value is -0.950. The summed E-state index contributed by atoms with van der Waals surface area (Å²) in [5.74, 6) is 3.41. The van der Waals surface area contributed by atoms with Crippen molar-refractivity contribution in [2.24, 2.45) is 40.4 Å². The first-order chi connectivity index (χ1) is 16.7. The first kappa shape index (κ1) is 24.4. The van der Waals surface area contributed by atoms with Gasteiger partial charge in [0.05, 0.1) is 18.3 Å². The van der Waals surface area contributed by atoms with Gasteiger partial charge in [-0.2, -0.15) is 0 Å². The average molecular weight is 489 g/mol. The fourth-order valence-corrected chi connectivity index (χ4v) is 9.87. The summed E-state index contributed by atoms with van der Waals surface area (Å²) in [6, 6.07) is 0. The molecule has 6 heteroatoms. The van der Waals surface area contributed by atoms with E-state index in [4.69, 9.17) is 14.2 Å². The molecule has 35 heavy (non-hydrogen) atoms. The van der Waals surface area contributed by atoms with Crippen molar-refractivity contribution in [2.75, 3.05) is 6.61 Å². The Kier molecular flexibility index (Phi) is 6.14. The lowest BCUT2D eigenvalue weighted by Crippen LogP contribution is -2.54. The Balaban J connectivity index is 1.12. The van der Waals surface area contributed by atoms with Crippen LogP contribution in [0.3, 0.4) is 0 Å². The molecule has 6 rings (SSSR count). The molecule has 2 heterocycles. The lowest BCUT2D eigenvalue weighted by molar-refractivity contribution is -0.268. The zero-order valence-electron chi connectivity index (χ0n) is 21.7. The predicted molar refractivity (Wildman–Crippen MR) is 130 cm³/mol. The van der Waals surface area contributed by atoms with Crippen LogP contribution in [0.15, 0.2) is 11.6 Å². The van der Waals surface area contributed by atoms with Gasteiger partial charge in [0.2, 0.25) is 0 Å². The van der Waals surface area contributed by atoms with Crippen molar-refractivity contribution in [3.63, 3.8) is 0 Å². The smallest absolute Gasteiger partial charge is 0.331 e. The Labute approximate surface area is 209 Å². The van der Waals surface area contributed by atoms with Gasteiger partial charge < -0.3 is 24.4 Å². The number of rotatable bonds is 3. The van der Waals surface area contributed by atoms with Crippen LogP contribution in [-0.2, 0) is 19.0 Å². The highest BCUT2D eigenvalue weighted by Crippen LogP contribution is 2.68. The maximum Gasteiger partial charge on any atom is 0.331 e. The molecule has 4 saturated carbocycles. The van der Waals surface area contributed by atoms with Gasteiger partial charge in [-0.3, -0.25) is 0 Å². The third kappa shape index (κ3) is 3.93. The molecule has 1 unspecified atom stereocenters. The molecule has 2 N–H and O–H groups in total. The first-order valence-corrected chi connectivity index (χ1v) is 14.2. The third-order valence-electron chi connectivity index (χ3n) is 11.8. The highest BCUT2D eigenvalue weighted by Gasteiger charge is 2.61. The van der Waals surface area contributed by atoms with Crippen LogP contribution in [0.4, 0.5) is 0 Å². The number of hydrogen-bond acceptors (Lipinski definition) is 6. The van der Waals surface area contributed by atoms with E-state index in [1.165, 1.54) is 50.5 Å². The SMILES string of the molecule is C[C@H]1OC(O[C@H]2CC[C@@]3(C)[C@H](CC[C@@H]4[C@@H]3CC[C@]3(C)[C@@H](C5=CC(=O)OC5)CC[C@@H]43)C2)C[C@H](O)[C@@H]1O. The van der Waals surface area contributed by atoms with E-state index in [0.29, 0.717) is 35.7 Å². The summed E-state index contributed by atoms with van der Waals surface area (Å²) in [5, 5.41) is 20.2. The van der Waals surface area contributed by atoms with Crippen LogP contribution in [0.1, 0.15) is 85.0 Å². The molecule has 12 atom stereocenters. The monoisotopic (exact) mass is 488 g/mol. The molecular weight excluding hydrogens is 444 g/mol. The molecule has 6 nitrogen and oxygen atoms in total. The summed E-state index contributed by atoms with van der Waals surface area (Å²) in [7, 11) is 0. The molecule has 0 aromatic heterocycles. The van der Waals surface area contributed by atoms with Crippen molar-refractivity contribution in [3.05, 3.63) is 11.6 Å². The second-order valence-electron chi connectivity index (χ2n) is 13.3. The molecule has 0 spiro atoms. The second-order valence-corrected chi connectivity index (χ2v) is 13.3. The quantitative estimate of drug-likeness (QED) is 0.453. The summed E-state index contributed by atoms with van der Waals surface area (Å²) < 4.78 is 17.5. The molecule has 196 valence electrons. The van der Waals surface area contributed by atoms with Crippen molar-refractivity contribution in [2.45, 2.75) is 116 Å². The van der Waals surface area contributed by atoms with Gasteiger partial charge in [-0.15, -0.1) is 0 Å². The van der Waals surface area contributed by atoms with Gasteiger partial charge >= 0.3 is 5.97 Å². The zero-order valence-corrected chi connectivity index (χ0v) is 21.7. The van der Waals surface area contributed by atoms with E-state index >= 15 is 0 Å². The van der Waals surface area contributed by atoms with Crippen LogP contribution < -0.4 is 0 Å². The van der Waals surface area contributed by atoms with E-state index in [2.05, 4.69) is 13.8 Å². The zero-order chi connectivity index (χ0) is 24.5. The van der Waals surface area contributed by atoms with Crippen molar-refractivity contribution in [1.82, 2.24) is 0 Å². The fraction of sp³-hybridized carbons (Fsp3) is 0.897. The molecule has 0 radical (unpaired) electrons. The summed E-state index contributed by atoms with van der Waals surface area (Å²) in [5.41, 5.74) is 1.95.